The second-order valence-corrected chi connectivity index (χ2v) is 22.5. The van der Waals surface area contributed by atoms with E-state index in [1.54, 1.807) is 0 Å². The van der Waals surface area contributed by atoms with Crippen molar-refractivity contribution in [1.29, 1.82) is 0 Å². The van der Waals surface area contributed by atoms with Gasteiger partial charge in [-0.3, -0.25) is 0 Å². The van der Waals surface area contributed by atoms with Crippen molar-refractivity contribution >= 4 is 5.97 Å². The molecular weight excluding hydrogens is 836 g/mol. The normalized spacial score (nSPS) is 54.9. The maximum Gasteiger partial charge on any atom is 0.339 e. The number of fused-ring (bicyclic) bond motifs is 5. The summed E-state index contributed by atoms with van der Waals surface area (Å²) < 4.78 is 42.9. The highest BCUT2D eigenvalue weighted by Gasteiger charge is 2.71. The van der Waals surface area contributed by atoms with Gasteiger partial charge < -0.3 is 79.1 Å². The average Bonchev–Trinajstić information content (AvgIpc) is 3.74. The molecular formula is C47H76O17. The van der Waals surface area contributed by atoms with E-state index in [-0.39, 0.29) is 40.4 Å². The lowest BCUT2D eigenvalue weighted by Gasteiger charge is -2.70. The van der Waals surface area contributed by atoms with Crippen LogP contribution in [-0.4, -0.2) is 169 Å². The molecule has 17 nitrogen and oxygen atoms in total. The highest BCUT2D eigenvalue weighted by atomic mass is 16.8. The standard InChI is InChI=1S/C47H76O17/c1-21(2)17-23-18-47(57,42(56)60-23)25-11-15-45(7)24(25)9-10-29-44(6)14-13-30(43(4,5)28(44)12-16-46(29,45)8)62-41-38(64-40-36(55)34(53)31(50)22(3)59-40)37(33(52)27(19-48)61-41)63-39-35(54)32(51)26(49)20-58-39/h17,22-41,48-55,57H,9-16,18-20H2,1-8H3/t22-,23-,24+,25-,26+,27+,28+,29+,30-,31-,32-,33+,34+,35+,36+,37-,38+,39-,40-,41-,44-,45+,46+,47+/m0/s1. The molecule has 64 heavy (non-hydrogen) atoms. The van der Waals surface area contributed by atoms with Crippen molar-refractivity contribution in [2.45, 2.75) is 217 Å². The predicted octanol–water partition coefficient (Wildman–Crippen LogP) is 1.18. The molecule has 4 saturated heterocycles. The van der Waals surface area contributed by atoms with Gasteiger partial charge >= 0.3 is 5.97 Å². The average molecular weight is 913 g/mol. The fraction of sp³-hybridized carbons (Fsp3) is 0.936. The van der Waals surface area contributed by atoms with Crippen molar-refractivity contribution in [3.63, 3.8) is 0 Å². The lowest BCUT2D eigenvalue weighted by atomic mass is 9.35. The van der Waals surface area contributed by atoms with Gasteiger partial charge in [0.25, 0.3) is 0 Å². The molecule has 0 spiro atoms. The van der Waals surface area contributed by atoms with Crippen LogP contribution in [0.25, 0.3) is 0 Å². The smallest absolute Gasteiger partial charge is 0.339 e. The Balaban J connectivity index is 1.05. The number of esters is 1. The van der Waals surface area contributed by atoms with Gasteiger partial charge in [-0.2, -0.15) is 0 Å². The minimum absolute atomic E-state index is 0.0657. The van der Waals surface area contributed by atoms with Crippen molar-refractivity contribution in [1.82, 2.24) is 0 Å². The van der Waals surface area contributed by atoms with Crippen LogP contribution in [-0.2, 0) is 38.0 Å². The molecule has 4 saturated carbocycles. The molecule has 17 heteroatoms. The first kappa shape index (κ1) is 49.0. The van der Waals surface area contributed by atoms with Crippen LogP contribution in [0.2, 0.25) is 0 Å². The number of aliphatic hydroxyl groups excluding tert-OH is 8. The monoisotopic (exact) mass is 913 g/mol. The quantitative estimate of drug-likeness (QED) is 0.0894. The maximum atomic E-state index is 13.4. The number of carbonyl (C=O) groups is 1. The summed E-state index contributed by atoms with van der Waals surface area (Å²) in [6, 6.07) is 0. The zero-order valence-electron chi connectivity index (χ0n) is 38.7. The third-order valence-corrected chi connectivity index (χ3v) is 18.5. The van der Waals surface area contributed by atoms with Crippen LogP contribution in [0.4, 0.5) is 0 Å². The Morgan fingerprint density at radius 3 is 2.06 bits per heavy atom. The number of hydrogen-bond acceptors (Lipinski definition) is 17. The minimum Gasteiger partial charge on any atom is -0.456 e. The van der Waals surface area contributed by atoms with Crippen molar-refractivity contribution in [2.24, 2.45) is 45.3 Å². The molecule has 4 heterocycles. The predicted molar refractivity (Wildman–Crippen MR) is 224 cm³/mol. The first-order chi connectivity index (χ1) is 29.9. The number of aliphatic hydroxyl groups is 9. The molecule has 0 unspecified atom stereocenters. The molecule has 0 bridgehead atoms. The molecule has 366 valence electrons. The van der Waals surface area contributed by atoms with E-state index >= 15 is 0 Å². The Hall–Kier alpha value is -1.39. The molecule has 4 aliphatic carbocycles. The number of hydrogen-bond donors (Lipinski definition) is 9. The number of rotatable bonds is 9. The maximum absolute atomic E-state index is 13.4. The van der Waals surface area contributed by atoms with E-state index in [1.807, 2.05) is 19.9 Å². The van der Waals surface area contributed by atoms with Gasteiger partial charge in [0.2, 0.25) is 0 Å². The number of carbonyl (C=O) groups excluding carboxylic acids is 1. The summed E-state index contributed by atoms with van der Waals surface area (Å²) in [4.78, 5) is 13.4. The molecule has 0 aromatic heterocycles. The SMILES string of the molecule is CC(C)=C[C@H]1C[C@@](O)([C@H]2CC[C@]3(C)[C@@H]2CC[C@@H]2[C@@]4(C)CC[C@H](O[C@@H]5O[C@H](CO)[C@@H](O)[C@H](O[C@@H]6OC[C@@H](O)[C@H](O)[C@H]6O)[C@H]5O[C@@H]5O[C@@H](C)[C@H](O)[C@@H](O)[C@H]5O)C(C)(C)[C@H]4CC[C@]23C)C(=O)O1. The summed E-state index contributed by atoms with van der Waals surface area (Å²) >= 11 is 0. The Morgan fingerprint density at radius 2 is 1.38 bits per heavy atom. The Bertz CT molecular complexity index is 1730. The molecule has 4 aliphatic heterocycles. The van der Waals surface area contributed by atoms with Gasteiger partial charge in [0.1, 0.15) is 67.1 Å². The zero-order valence-corrected chi connectivity index (χ0v) is 38.7. The molecule has 9 N–H and O–H groups in total. The largest absolute Gasteiger partial charge is 0.456 e. The lowest BCUT2D eigenvalue weighted by molar-refractivity contribution is -0.395. The highest BCUT2D eigenvalue weighted by Crippen LogP contribution is 2.76. The van der Waals surface area contributed by atoms with Gasteiger partial charge in [0.05, 0.1) is 25.4 Å². The van der Waals surface area contributed by atoms with Crippen molar-refractivity contribution in [3.05, 3.63) is 11.6 Å². The first-order valence-electron chi connectivity index (χ1n) is 23.8. The second-order valence-electron chi connectivity index (χ2n) is 22.5. The summed E-state index contributed by atoms with van der Waals surface area (Å²) in [6.45, 7) is 16.1. The van der Waals surface area contributed by atoms with Gasteiger partial charge in [-0.05, 0) is 118 Å². The van der Waals surface area contributed by atoms with Gasteiger partial charge in [0.15, 0.2) is 24.5 Å². The lowest BCUT2D eigenvalue weighted by Crippen LogP contribution is -2.67. The third-order valence-electron chi connectivity index (χ3n) is 18.5. The van der Waals surface area contributed by atoms with Crippen molar-refractivity contribution in [3.8, 4) is 0 Å². The van der Waals surface area contributed by atoms with E-state index in [4.69, 9.17) is 33.2 Å². The van der Waals surface area contributed by atoms with Crippen LogP contribution in [0.5, 0.6) is 0 Å². The second kappa shape index (κ2) is 17.5. The fourth-order valence-electron chi connectivity index (χ4n) is 14.9. The molecule has 0 radical (unpaired) electrons. The molecule has 8 aliphatic rings. The zero-order chi connectivity index (χ0) is 46.6. The summed E-state index contributed by atoms with van der Waals surface area (Å²) in [6.07, 6.45) is -12.9. The van der Waals surface area contributed by atoms with E-state index in [2.05, 4.69) is 34.6 Å². The highest BCUT2D eigenvalue weighted by molar-refractivity contribution is 5.82. The Kier molecular flexibility index (Phi) is 13.4. The van der Waals surface area contributed by atoms with Crippen LogP contribution >= 0.6 is 0 Å². The Labute approximate surface area is 376 Å². The molecule has 0 aromatic carbocycles. The minimum atomic E-state index is -1.75. The Morgan fingerprint density at radius 1 is 0.703 bits per heavy atom. The molecule has 8 fully saturated rings. The van der Waals surface area contributed by atoms with E-state index in [0.717, 1.165) is 50.5 Å². The van der Waals surface area contributed by atoms with Crippen LogP contribution in [0.3, 0.4) is 0 Å². The van der Waals surface area contributed by atoms with Gasteiger partial charge in [-0.1, -0.05) is 40.2 Å². The van der Waals surface area contributed by atoms with Crippen LogP contribution in [0.15, 0.2) is 11.6 Å². The topological polar surface area (TPSA) is 264 Å². The van der Waals surface area contributed by atoms with Gasteiger partial charge in [-0.15, -0.1) is 0 Å². The van der Waals surface area contributed by atoms with Gasteiger partial charge in [-0.25, -0.2) is 4.79 Å². The number of ether oxygens (including phenoxy) is 7. The van der Waals surface area contributed by atoms with Gasteiger partial charge in [0, 0.05) is 12.3 Å². The van der Waals surface area contributed by atoms with Crippen molar-refractivity contribution < 1.29 is 83.9 Å². The fourth-order valence-corrected chi connectivity index (χ4v) is 14.9. The van der Waals surface area contributed by atoms with E-state index < -0.39 is 128 Å². The summed E-state index contributed by atoms with van der Waals surface area (Å²) in [5, 5.41) is 97.9. The summed E-state index contributed by atoms with van der Waals surface area (Å²) in [5.41, 5.74) is -1.21. The molecule has 24 atom stereocenters. The summed E-state index contributed by atoms with van der Waals surface area (Å²) in [5.74, 6) is 0.0297. The molecule has 0 amide bonds. The summed E-state index contributed by atoms with van der Waals surface area (Å²) in [7, 11) is 0. The van der Waals surface area contributed by atoms with E-state index in [0.29, 0.717) is 12.3 Å². The van der Waals surface area contributed by atoms with Crippen molar-refractivity contribution in [2.75, 3.05) is 13.2 Å². The third kappa shape index (κ3) is 7.76. The van der Waals surface area contributed by atoms with E-state index in [1.165, 1.54) is 6.92 Å². The van der Waals surface area contributed by atoms with Crippen LogP contribution in [0.1, 0.15) is 113 Å². The van der Waals surface area contributed by atoms with Crippen LogP contribution < -0.4 is 0 Å². The number of cyclic esters (lactones) is 1. The van der Waals surface area contributed by atoms with Crippen LogP contribution in [0, 0.1) is 45.3 Å². The first-order valence-corrected chi connectivity index (χ1v) is 23.8. The number of allylic oxidation sites excluding steroid dienone is 1. The molecule has 0 aromatic rings. The van der Waals surface area contributed by atoms with E-state index in [9.17, 15) is 50.8 Å². The molecule has 8 rings (SSSR count).